The van der Waals surface area contributed by atoms with E-state index >= 15 is 0 Å². The molecule has 0 aromatic heterocycles. The van der Waals surface area contributed by atoms with Crippen molar-refractivity contribution < 1.29 is 13.2 Å². The second-order valence-corrected chi connectivity index (χ2v) is 8.67. The zero-order valence-corrected chi connectivity index (χ0v) is 13.8. The minimum atomic E-state index is -3.92. The maximum Gasteiger partial charge on any atom is 0.319 e. The Labute approximate surface area is 137 Å². The van der Waals surface area contributed by atoms with Crippen LogP contribution in [0, 0.1) is 0 Å². The molecule has 21 heavy (non-hydrogen) atoms. The highest BCUT2D eigenvalue weighted by atomic mass is 35.6. The summed E-state index contributed by atoms with van der Waals surface area (Å²) in [5, 5.41) is 4.71. The van der Waals surface area contributed by atoms with Crippen LogP contribution in [-0.2, 0) is 9.84 Å². The van der Waals surface area contributed by atoms with Crippen LogP contribution in [0.4, 0.5) is 4.79 Å². The molecule has 1 atom stereocenters. The number of nitrogens with one attached hydrogen (secondary N) is 2. The van der Waals surface area contributed by atoms with Crippen LogP contribution in [0.3, 0.4) is 0 Å². The Morgan fingerprint density at radius 1 is 1.14 bits per heavy atom. The van der Waals surface area contributed by atoms with Crippen molar-refractivity contribution >= 4 is 50.7 Å². The van der Waals surface area contributed by atoms with E-state index in [4.69, 9.17) is 34.8 Å². The lowest BCUT2D eigenvalue weighted by atomic mass is 10.2. The quantitative estimate of drug-likeness (QED) is 0.787. The van der Waals surface area contributed by atoms with Gasteiger partial charge in [0.05, 0.1) is 9.80 Å². The molecule has 9 heteroatoms. The average Bonchev–Trinajstić information content (AvgIpc) is 2.37. The number of carbonyl (C=O) groups is 1. The summed E-state index contributed by atoms with van der Waals surface area (Å²) in [4.78, 5) is 11.4. The van der Waals surface area contributed by atoms with Crippen molar-refractivity contribution in [2.45, 2.75) is 21.7 Å². The molecule has 2 N–H and O–H groups in total. The number of hydrogen-bond donors (Lipinski definition) is 2. The molecule has 1 aromatic rings. The molecule has 0 aliphatic carbocycles. The number of benzene rings is 1. The number of sulfone groups is 1. The second-order valence-electron chi connectivity index (χ2n) is 4.38. The highest BCUT2D eigenvalue weighted by molar-refractivity contribution is 7.95. The molecule has 0 radical (unpaired) electrons. The number of allylic oxidation sites excluding steroid dienone is 1. The monoisotopic (exact) mass is 368 g/mol. The van der Waals surface area contributed by atoms with E-state index in [-0.39, 0.29) is 15.5 Å². The topological polar surface area (TPSA) is 75.3 Å². The standard InChI is InChI=1S/C12H11Cl3N2O3S/c1-7-9(10(12(13,14)15)17-11(18)16-7)21(19,20)8-5-3-2-4-6-8/h2-6,10H,1H3,(H2,16,17,18). The molecule has 0 saturated carbocycles. The molecule has 0 fully saturated rings. The molecule has 0 saturated heterocycles. The first-order valence-electron chi connectivity index (χ1n) is 5.79. The Bertz CT molecular complexity index is 696. The van der Waals surface area contributed by atoms with Gasteiger partial charge in [0, 0.05) is 5.70 Å². The summed E-state index contributed by atoms with van der Waals surface area (Å²) in [7, 11) is -3.92. The summed E-state index contributed by atoms with van der Waals surface area (Å²) in [6.45, 7) is 1.44. The highest BCUT2D eigenvalue weighted by Gasteiger charge is 2.45. The zero-order valence-electron chi connectivity index (χ0n) is 10.7. The lowest BCUT2D eigenvalue weighted by molar-refractivity contribution is 0.239. The van der Waals surface area contributed by atoms with Crippen LogP contribution in [-0.4, -0.2) is 24.3 Å². The number of carbonyl (C=O) groups excluding carboxylic acids is 1. The SMILES string of the molecule is CC1=C(S(=O)(=O)c2ccccc2)C(C(Cl)(Cl)Cl)NC(=O)N1. The molecule has 1 aliphatic heterocycles. The molecular formula is C12H11Cl3N2O3S. The summed E-state index contributed by atoms with van der Waals surface area (Å²) in [6.07, 6.45) is 0. The Kier molecular flexibility index (Phi) is 4.44. The van der Waals surface area contributed by atoms with E-state index in [9.17, 15) is 13.2 Å². The summed E-state index contributed by atoms with van der Waals surface area (Å²) in [5.41, 5.74) is 0.124. The summed E-state index contributed by atoms with van der Waals surface area (Å²) in [5.74, 6) is 0. The van der Waals surface area contributed by atoms with Gasteiger partial charge in [-0.25, -0.2) is 13.2 Å². The van der Waals surface area contributed by atoms with Crippen molar-refractivity contribution in [2.75, 3.05) is 0 Å². The predicted octanol–water partition coefficient (Wildman–Crippen LogP) is 2.74. The van der Waals surface area contributed by atoms with Gasteiger partial charge in [0.15, 0.2) is 0 Å². The van der Waals surface area contributed by atoms with Crippen molar-refractivity contribution in [3.8, 4) is 0 Å². The van der Waals surface area contributed by atoms with Gasteiger partial charge in [0.25, 0.3) is 0 Å². The number of halogens is 3. The minimum absolute atomic E-state index is 0.0524. The van der Waals surface area contributed by atoms with Crippen LogP contribution >= 0.6 is 34.8 Å². The largest absolute Gasteiger partial charge is 0.326 e. The first-order chi connectivity index (χ1) is 9.64. The Hall–Kier alpha value is -0.950. The van der Waals surface area contributed by atoms with E-state index in [0.717, 1.165) is 0 Å². The molecule has 1 aromatic carbocycles. The van der Waals surface area contributed by atoms with Gasteiger partial charge in [-0.2, -0.15) is 0 Å². The lowest BCUT2D eigenvalue weighted by Gasteiger charge is -2.32. The van der Waals surface area contributed by atoms with Gasteiger partial charge < -0.3 is 10.6 Å². The van der Waals surface area contributed by atoms with Gasteiger partial charge in [-0.15, -0.1) is 0 Å². The fourth-order valence-corrected chi connectivity index (χ4v) is 4.45. The third-order valence-corrected chi connectivity index (χ3v) is 5.55. The van der Waals surface area contributed by atoms with Gasteiger partial charge in [0.2, 0.25) is 13.6 Å². The van der Waals surface area contributed by atoms with Gasteiger partial charge in [0.1, 0.15) is 6.04 Å². The third-order valence-electron chi connectivity index (χ3n) is 2.88. The van der Waals surface area contributed by atoms with Crippen LogP contribution < -0.4 is 10.6 Å². The average molecular weight is 370 g/mol. The summed E-state index contributed by atoms with van der Waals surface area (Å²) < 4.78 is 23.5. The minimum Gasteiger partial charge on any atom is -0.326 e. The molecule has 0 spiro atoms. The van der Waals surface area contributed by atoms with E-state index in [1.807, 2.05) is 0 Å². The highest BCUT2D eigenvalue weighted by Crippen LogP contribution is 2.39. The Morgan fingerprint density at radius 3 is 2.24 bits per heavy atom. The van der Waals surface area contributed by atoms with Crippen LogP contribution in [0.5, 0.6) is 0 Å². The Balaban J connectivity index is 2.63. The maximum absolute atomic E-state index is 12.7. The predicted molar refractivity (Wildman–Crippen MR) is 82.1 cm³/mol. The van der Waals surface area contributed by atoms with Gasteiger partial charge >= 0.3 is 6.03 Å². The molecule has 1 unspecified atom stereocenters. The molecule has 2 rings (SSSR count). The van der Waals surface area contributed by atoms with Gasteiger partial charge in [-0.05, 0) is 19.1 Å². The van der Waals surface area contributed by atoms with Crippen molar-refractivity contribution in [1.29, 1.82) is 0 Å². The normalized spacial score (nSPS) is 20.0. The van der Waals surface area contributed by atoms with E-state index in [2.05, 4.69) is 10.6 Å². The van der Waals surface area contributed by atoms with Crippen molar-refractivity contribution in [3.63, 3.8) is 0 Å². The van der Waals surface area contributed by atoms with Crippen molar-refractivity contribution in [1.82, 2.24) is 10.6 Å². The fraction of sp³-hybridized carbons (Fsp3) is 0.250. The van der Waals surface area contributed by atoms with E-state index in [1.165, 1.54) is 19.1 Å². The van der Waals surface area contributed by atoms with Crippen LogP contribution in [0.1, 0.15) is 6.92 Å². The number of rotatable bonds is 2. The van der Waals surface area contributed by atoms with Crippen molar-refractivity contribution in [3.05, 3.63) is 40.9 Å². The van der Waals surface area contributed by atoms with Gasteiger partial charge in [-0.1, -0.05) is 53.0 Å². The molecule has 2 amide bonds. The number of urea groups is 1. The molecule has 1 heterocycles. The van der Waals surface area contributed by atoms with E-state index < -0.39 is 25.7 Å². The smallest absolute Gasteiger partial charge is 0.319 e. The molecule has 5 nitrogen and oxygen atoms in total. The molecule has 1 aliphatic rings. The molecule has 114 valence electrons. The molecular weight excluding hydrogens is 359 g/mol. The third kappa shape index (κ3) is 3.29. The number of alkyl halides is 3. The maximum atomic E-state index is 12.7. The van der Waals surface area contributed by atoms with Crippen LogP contribution in [0.2, 0.25) is 0 Å². The summed E-state index contributed by atoms with van der Waals surface area (Å²) >= 11 is 17.5. The van der Waals surface area contributed by atoms with Gasteiger partial charge in [-0.3, -0.25) is 0 Å². The fourth-order valence-electron chi connectivity index (χ4n) is 1.99. The van der Waals surface area contributed by atoms with Crippen LogP contribution in [0.15, 0.2) is 45.8 Å². The lowest BCUT2D eigenvalue weighted by Crippen LogP contribution is -2.54. The first-order valence-corrected chi connectivity index (χ1v) is 8.41. The molecule has 0 bridgehead atoms. The van der Waals surface area contributed by atoms with Crippen LogP contribution in [0.25, 0.3) is 0 Å². The second kappa shape index (κ2) is 5.68. The Morgan fingerprint density at radius 2 is 1.71 bits per heavy atom. The number of hydrogen-bond acceptors (Lipinski definition) is 3. The summed E-state index contributed by atoms with van der Waals surface area (Å²) in [6, 6.07) is 5.82. The van der Waals surface area contributed by atoms with E-state index in [1.54, 1.807) is 18.2 Å². The van der Waals surface area contributed by atoms with Crippen molar-refractivity contribution in [2.24, 2.45) is 0 Å². The number of amides is 2. The van der Waals surface area contributed by atoms with E-state index in [0.29, 0.717) is 0 Å². The first kappa shape index (κ1) is 16.4. The zero-order chi connectivity index (χ0) is 15.8.